The van der Waals surface area contributed by atoms with Gasteiger partial charge in [0.05, 0.1) is 11.4 Å². The van der Waals surface area contributed by atoms with Gasteiger partial charge in [-0.2, -0.15) is 0 Å². The molecular formula is C14H16N2Ni. The molecule has 0 N–H and O–H groups in total. The maximum atomic E-state index is 4.19. The summed E-state index contributed by atoms with van der Waals surface area (Å²) < 4.78 is 0. The zero-order valence-electron chi connectivity index (χ0n) is 9.66. The average molecular weight is 271 g/mol. The van der Waals surface area contributed by atoms with Crippen LogP contribution in [0.5, 0.6) is 0 Å². The minimum Gasteiger partial charge on any atom is -0.346 e. The van der Waals surface area contributed by atoms with Crippen molar-refractivity contribution < 1.29 is 16.5 Å². The first kappa shape index (κ1) is 15.8. The van der Waals surface area contributed by atoms with Gasteiger partial charge in [-0.05, 0) is 24.3 Å². The Labute approximate surface area is 113 Å². The fraction of sp³-hybridized carbons (Fsp3) is 0.143. The van der Waals surface area contributed by atoms with Gasteiger partial charge in [-0.15, -0.1) is 0 Å². The zero-order chi connectivity index (χ0) is 11.6. The van der Waals surface area contributed by atoms with Crippen molar-refractivity contribution in [1.82, 2.24) is 9.97 Å². The van der Waals surface area contributed by atoms with E-state index in [9.17, 15) is 0 Å². The van der Waals surface area contributed by atoms with Crippen molar-refractivity contribution in [2.45, 2.75) is 12.8 Å². The predicted octanol–water partition coefficient (Wildman–Crippen LogP) is 3.58. The Morgan fingerprint density at radius 2 is 1.18 bits per heavy atom. The van der Waals surface area contributed by atoms with Gasteiger partial charge in [-0.1, -0.05) is 12.1 Å². The first-order valence-corrected chi connectivity index (χ1v) is 5.29. The molecule has 0 bridgehead atoms. The average Bonchev–Trinajstić information content (AvgIpc) is 2.41. The van der Waals surface area contributed by atoms with Crippen molar-refractivity contribution >= 4 is 0 Å². The molecule has 0 radical (unpaired) electrons. The van der Waals surface area contributed by atoms with Crippen LogP contribution in [0.4, 0.5) is 0 Å². The van der Waals surface area contributed by atoms with Crippen molar-refractivity contribution in [3.8, 4) is 11.4 Å². The van der Waals surface area contributed by atoms with E-state index in [0.717, 1.165) is 24.2 Å². The van der Waals surface area contributed by atoms with Gasteiger partial charge in [0.25, 0.3) is 0 Å². The summed E-state index contributed by atoms with van der Waals surface area (Å²) in [5.41, 5.74) is 1.83. The Morgan fingerprint density at radius 1 is 0.765 bits per heavy atom. The molecule has 17 heavy (non-hydrogen) atoms. The topological polar surface area (TPSA) is 25.8 Å². The van der Waals surface area contributed by atoms with Gasteiger partial charge in [0.15, 0.2) is 0 Å². The van der Waals surface area contributed by atoms with Crippen molar-refractivity contribution in [2.75, 3.05) is 0 Å². The Balaban J connectivity index is 0.000000453. The van der Waals surface area contributed by atoms with Gasteiger partial charge in [0, 0.05) is 12.4 Å². The minimum absolute atomic E-state index is 0. The molecule has 0 saturated carbocycles. The molecule has 0 aromatic carbocycles. The quantitative estimate of drug-likeness (QED) is 0.616. The van der Waals surface area contributed by atoms with Crippen molar-refractivity contribution in [1.29, 1.82) is 0 Å². The van der Waals surface area contributed by atoms with Gasteiger partial charge in [-0.3, -0.25) is 9.97 Å². The number of pyridine rings is 2. The molecular weight excluding hydrogens is 255 g/mol. The molecule has 2 rings (SSSR count). The SMILES string of the molecule is [CH2-]CC[CH2-].[Ni+2].c1ccc(-c2ccccn2)nc1. The second kappa shape index (κ2) is 9.98. The van der Waals surface area contributed by atoms with Crippen LogP contribution in [0.3, 0.4) is 0 Å². The largest absolute Gasteiger partial charge is 2.00 e. The summed E-state index contributed by atoms with van der Waals surface area (Å²) in [5, 5.41) is 0. The number of unbranched alkanes of at least 4 members (excludes halogenated alkanes) is 1. The number of aromatic nitrogens is 2. The molecule has 0 fully saturated rings. The molecule has 2 aromatic heterocycles. The van der Waals surface area contributed by atoms with Crippen LogP contribution in [-0.2, 0) is 16.5 Å². The Kier molecular flexibility index (Phi) is 9.27. The predicted molar refractivity (Wildman–Crippen MR) is 67.4 cm³/mol. The third-order valence-electron chi connectivity index (χ3n) is 1.84. The molecule has 0 aliphatic heterocycles. The standard InChI is InChI=1S/C10H8N2.C4H8.Ni/c1-3-7-11-9(5-1)10-6-2-4-8-12-10;1-3-4-2;/h1-8H;1-4H2;/q;-2;+2. The summed E-state index contributed by atoms with van der Waals surface area (Å²) in [6.07, 6.45) is 5.45. The number of nitrogens with zero attached hydrogens (tertiary/aromatic N) is 2. The van der Waals surface area contributed by atoms with Crippen LogP contribution in [0.25, 0.3) is 11.4 Å². The molecule has 0 saturated heterocycles. The smallest absolute Gasteiger partial charge is 0.346 e. The van der Waals surface area contributed by atoms with Crippen LogP contribution in [0.2, 0.25) is 0 Å². The van der Waals surface area contributed by atoms with Crippen LogP contribution >= 0.6 is 0 Å². The Bertz CT molecular complexity index is 336. The molecule has 0 aliphatic carbocycles. The molecule has 2 heterocycles. The minimum atomic E-state index is 0. The molecule has 92 valence electrons. The van der Waals surface area contributed by atoms with Gasteiger partial charge < -0.3 is 13.8 Å². The van der Waals surface area contributed by atoms with E-state index >= 15 is 0 Å². The summed E-state index contributed by atoms with van der Waals surface area (Å²) >= 11 is 0. The van der Waals surface area contributed by atoms with E-state index in [1.807, 2.05) is 36.4 Å². The second-order valence-corrected chi connectivity index (χ2v) is 3.14. The molecule has 0 unspecified atom stereocenters. The molecule has 2 nitrogen and oxygen atoms in total. The van der Waals surface area contributed by atoms with Crippen LogP contribution in [0.15, 0.2) is 48.8 Å². The van der Waals surface area contributed by atoms with Crippen molar-refractivity contribution in [3.63, 3.8) is 0 Å². The molecule has 2 aromatic rings. The summed E-state index contributed by atoms with van der Waals surface area (Å²) in [6, 6.07) is 11.6. The van der Waals surface area contributed by atoms with Crippen molar-refractivity contribution in [2.24, 2.45) is 0 Å². The van der Waals surface area contributed by atoms with E-state index in [1.165, 1.54) is 0 Å². The maximum Gasteiger partial charge on any atom is 2.00 e. The normalized spacial score (nSPS) is 8.59. The van der Waals surface area contributed by atoms with Crippen LogP contribution in [-0.4, -0.2) is 9.97 Å². The number of hydrogen-bond donors (Lipinski definition) is 0. The maximum absolute atomic E-state index is 4.19. The fourth-order valence-electron chi connectivity index (χ4n) is 1.03. The molecule has 0 atom stereocenters. The van der Waals surface area contributed by atoms with Gasteiger partial charge in [0.2, 0.25) is 0 Å². The third-order valence-corrected chi connectivity index (χ3v) is 1.84. The monoisotopic (exact) mass is 270 g/mol. The molecule has 0 spiro atoms. The first-order valence-electron chi connectivity index (χ1n) is 5.29. The van der Waals surface area contributed by atoms with Crippen LogP contribution < -0.4 is 0 Å². The van der Waals surface area contributed by atoms with Crippen LogP contribution in [0, 0.1) is 13.8 Å². The number of hydrogen-bond acceptors (Lipinski definition) is 2. The second-order valence-electron chi connectivity index (χ2n) is 3.14. The summed E-state index contributed by atoms with van der Waals surface area (Å²) in [6.45, 7) is 7.08. The molecule has 0 aliphatic rings. The summed E-state index contributed by atoms with van der Waals surface area (Å²) in [5.74, 6) is 0. The first-order chi connectivity index (χ1) is 7.88. The van der Waals surface area contributed by atoms with E-state index in [0.29, 0.717) is 0 Å². The summed E-state index contributed by atoms with van der Waals surface area (Å²) in [7, 11) is 0. The molecule has 0 amide bonds. The Morgan fingerprint density at radius 3 is 1.41 bits per heavy atom. The van der Waals surface area contributed by atoms with E-state index < -0.39 is 0 Å². The van der Waals surface area contributed by atoms with Gasteiger partial charge >= 0.3 is 16.5 Å². The zero-order valence-corrected chi connectivity index (χ0v) is 10.6. The van der Waals surface area contributed by atoms with Crippen molar-refractivity contribution in [3.05, 3.63) is 62.6 Å². The van der Waals surface area contributed by atoms with E-state index in [1.54, 1.807) is 12.4 Å². The van der Waals surface area contributed by atoms with E-state index in [4.69, 9.17) is 0 Å². The van der Waals surface area contributed by atoms with E-state index in [2.05, 4.69) is 23.8 Å². The molecule has 3 heteroatoms. The number of rotatable bonds is 2. The van der Waals surface area contributed by atoms with E-state index in [-0.39, 0.29) is 16.5 Å². The Hall–Kier alpha value is -1.21. The van der Waals surface area contributed by atoms with Gasteiger partial charge in [0.1, 0.15) is 0 Å². The summed E-state index contributed by atoms with van der Waals surface area (Å²) in [4.78, 5) is 8.37. The van der Waals surface area contributed by atoms with Crippen LogP contribution in [0.1, 0.15) is 12.8 Å². The van der Waals surface area contributed by atoms with Gasteiger partial charge in [-0.25, -0.2) is 12.8 Å². The third kappa shape index (κ3) is 6.18. The fourth-order valence-corrected chi connectivity index (χ4v) is 1.03.